The molecule has 1 aromatic carbocycles. The number of rotatable bonds is 2. The minimum Gasteiger partial charge on any atom is -0.370 e. The highest BCUT2D eigenvalue weighted by atomic mass is 35.5. The highest BCUT2D eigenvalue weighted by Gasteiger charge is 2.44. The van der Waals surface area contributed by atoms with Crippen LogP contribution in [0, 0.1) is 0 Å². The number of halogens is 1. The van der Waals surface area contributed by atoms with Crippen LogP contribution in [0.2, 0.25) is 5.15 Å². The molecule has 8 heteroatoms. The van der Waals surface area contributed by atoms with E-state index < -0.39 is 0 Å². The third-order valence-electron chi connectivity index (χ3n) is 4.68. The van der Waals surface area contributed by atoms with Crippen LogP contribution < -0.4 is 9.80 Å². The Morgan fingerprint density at radius 1 is 1.32 bits per heavy atom. The molecule has 4 rings (SSSR count). The molecule has 130 valence electrons. The van der Waals surface area contributed by atoms with Gasteiger partial charge in [-0.2, -0.15) is 4.98 Å². The van der Waals surface area contributed by atoms with Crippen molar-refractivity contribution in [1.82, 2.24) is 14.5 Å². The first-order chi connectivity index (χ1) is 12.0. The summed E-state index contributed by atoms with van der Waals surface area (Å²) < 4.78 is 6.13. The van der Waals surface area contributed by atoms with E-state index in [1.165, 1.54) is 6.92 Å². The number of aromatic nitrogens is 2. The molecule has 2 aromatic rings. The summed E-state index contributed by atoms with van der Waals surface area (Å²) in [4.78, 5) is 21.9. The van der Waals surface area contributed by atoms with Gasteiger partial charge in [-0.15, -0.1) is 11.8 Å². The summed E-state index contributed by atoms with van der Waals surface area (Å²) in [5, 5.41) is 3.43. The lowest BCUT2D eigenvalue weighted by atomic mass is 10.1. The molecule has 2 aliphatic heterocycles. The maximum Gasteiger partial charge on any atom is 0.252 e. The number of carbonyl (C=O) groups is 1. The second kappa shape index (κ2) is 6.25. The first-order valence-corrected chi connectivity index (χ1v) is 9.65. The van der Waals surface area contributed by atoms with E-state index in [4.69, 9.17) is 21.3 Å². The number of ether oxygens (including phenoxy) is 1. The number of carbonyl (C=O) groups excluding carboxylic acids is 1. The van der Waals surface area contributed by atoms with Crippen LogP contribution in [0.3, 0.4) is 0 Å². The predicted octanol–water partition coefficient (Wildman–Crippen LogP) is 3.46. The second-order valence-electron chi connectivity index (χ2n) is 6.14. The summed E-state index contributed by atoms with van der Waals surface area (Å²) in [6.07, 6.45) is 1.98. The van der Waals surface area contributed by atoms with E-state index in [0.29, 0.717) is 28.7 Å². The second-order valence-corrected chi connectivity index (χ2v) is 7.31. The van der Waals surface area contributed by atoms with Gasteiger partial charge < -0.3 is 10.1 Å². The molecule has 0 radical (unpaired) electrons. The van der Waals surface area contributed by atoms with Gasteiger partial charge in [0.05, 0.1) is 13.2 Å². The number of benzene rings is 1. The largest absolute Gasteiger partial charge is 0.370 e. The molecule has 0 saturated carbocycles. The minimum atomic E-state index is -0.0967. The number of hydrogen-bond donors (Lipinski definition) is 1. The molecule has 0 aliphatic carbocycles. The van der Waals surface area contributed by atoms with E-state index in [9.17, 15) is 4.79 Å². The molecule has 6 nitrogen and oxygen atoms in total. The summed E-state index contributed by atoms with van der Waals surface area (Å²) in [6.45, 7) is 4.22. The fourth-order valence-electron chi connectivity index (χ4n) is 3.55. The number of amides is 1. The van der Waals surface area contributed by atoms with Gasteiger partial charge in [-0.1, -0.05) is 11.6 Å². The minimum absolute atomic E-state index is 0.0967. The van der Waals surface area contributed by atoms with E-state index in [-0.39, 0.29) is 5.91 Å². The SMILES string of the molecule is CSc1c(Cl)nc2nc1[N+]1(CCOCC1)c1cc-2ccc1NC(C)=O. The van der Waals surface area contributed by atoms with Crippen molar-refractivity contribution in [3.05, 3.63) is 23.4 Å². The fourth-order valence-corrected chi connectivity index (χ4v) is 4.56. The quantitative estimate of drug-likeness (QED) is 0.493. The molecule has 0 atom stereocenters. The van der Waals surface area contributed by atoms with Crippen LogP contribution in [0.1, 0.15) is 6.92 Å². The number of fused-ring (bicyclic) bond motifs is 7. The van der Waals surface area contributed by atoms with Gasteiger partial charge in [0.1, 0.15) is 23.7 Å². The molecule has 1 spiro atoms. The van der Waals surface area contributed by atoms with Gasteiger partial charge in [0, 0.05) is 18.6 Å². The summed E-state index contributed by atoms with van der Waals surface area (Å²) in [6, 6.07) is 5.91. The Hall–Kier alpha value is -1.67. The van der Waals surface area contributed by atoms with Gasteiger partial charge in [-0.25, -0.2) is 9.47 Å². The molecule has 3 heterocycles. The van der Waals surface area contributed by atoms with Crippen molar-refractivity contribution in [1.29, 1.82) is 0 Å². The third kappa shape index (κ3) is 2.62. The van der Waals surface area contributed by atoms with Crippen LogP contribution >= 0.6 is 23.4 Å². The van der Waals surface area contributed by atoms with Crippen LogP contribution in [0.25, 0.3) is 11.4 Å². The Labute approximate surface area is 155 Å². The van der Waals surface area contributed by atoms with E-state index in [1.807, 2.05) is 18.4 Å². The van der Waals surface area contributed by atoms with Gasteiger partial charge >= 0.3 is 0 Å². The summed E-state index contributed by atoms with van der Waals surface area (Å²) in [7, 11) is 0. The Balaban J connectivity index is 2.04. The van der Waals surface area contributed by atoms with Gasteiger partial charge in [-0.05, 0) is 18.4 Å². The summed E-state index contributed by atoms with van der Waals surface area (Å²) in [5.41, 5.74) is 2.71. The maximum absolute atomic E-state index is 11.7. The fraction of sp³-hybridized carbons (Fsp3) is 0.353. The first-order valence-electron chi connectivity index (χ1n) is 8.04. The smallest absolute Gasteiger partial charge is 0.252 e. The monoisotopic (exact) mass is 377 g/mol. The molecule has 1 aromatic heterocycles. The topological polar surface area (TPSA) is 64.1 Å². The van der Waals surface area contributed by atoms with Crippen molar-refractivity contribution in [3.63, 3.8) is 0 Å². The third-order valence-corrected chi connectivity index (χ3v) is 5.85. The lowest BCUT2D eigenvalue weighted by Gasteiger charge is -2.40. The lowest BCUT2D eigenvalue weighted by Crippen LogP contribution is -2.53. The van der Waals surface area contributed by atoms with Crippen molar-refractivity contribution in [3.8, 4) is 11.4 Å². The number of anilines is 1. The molecule has 1 fully saturated rings. The zero-order chi connectivity index (χ0) is 17.6. The van der Waals surface area contributed by atoms with E-state index in [2.05, 4.69) is 16.4 Å². The van der Waals surface area contributed by atoms with Gasteiger partial charge in [0.15, 0.2) is 16.7 Å². The number of nitrogens with zero attached hydrogens (tertiary/aromatic N) is 3. The molecule has 2 aliphatic rings. The van der Waals surface area contributed by atoms with Crippen molar-refractivity contribution in [2.75, 3.05) is 37.9 Å². The summed E-state index contributed by atoms with van der Waals surface area (Å²) in [5.74, 6) is 1.41. The lowest BCUT2D eigenvalue weighted by molar-refractivity contribution is -0.114. The average molecular weight is 378 g/mol. The molecule has 1 saturated heterocycles. The highest BCUT2D eigenvalue weighted by molar-refractivity contribution is 7.98. The normalized spacial score (nSPS) is 17.2. The summed E-state index contributed by atoms with van der Waals surface area (Å²) >= 11 is 8.03. The van der Waals surface area contributed by atoms with Crippen molar-refractivity contribution in [2.24, 2.45) is 0 Å². The Morgan fingerprint density at radius 3 is 2.76 bits per heavy atom. The van der Waals surface area contributed by atoms with E-state index in [1.54, 1.807) is 11.8 Å². The number of thioether (sulfide) groups is 1. The number of hydrogen-bond acceptors (Lipinski definition) is 5. The molecule has 1 amide bonds. The Kier molecular flexibility index (Phi) is 4.19. The van der Waals surface area contributed by atoms with Crippen molar-refractivity contribution < 1.29 is 9.53 Å². The van der Waals surface area contributed by atoms with Crippen molar-refractivity contribution in [2.45, 2.75) is 11.8 Å². The van der Waals surface area contributed by atoms with Gasteiger partial charge in [-0.3, -0.25) is 4.79 Å². The molecular weight excluding hydrogens is 360 g/mol. The zero-order valence-electron chi connectivity index (χ0n) is 14.0. The van der Waals surface area contributed by atoms with Crippen LogP contribution in [-0.2, 0) is 9.53 Å². The number of nitrogens with one attached hydrogen (secondary N) is 1. The van der Waals surface area contributed by atoms with Crippen LogP contribution in [0.4, 0.5) is 17.2 Å². The number of morpholine rings is 1. The molecule has 0 unspecified atom stereocenters. The van der Waals surface area contributed by atoms with Crippen molar-refractivity contribution >= 4 is 46.5 Å². The van der Waals surface area contributed by atoms with E-state index >= 15 is 0 Å². The molecule has 1 N–H and O–H groups in total. The van der Waals surface area contributed by atoms with Gasteiger partial charge in [0.2, 0.25) is 5.91 Å². The molecular formula is C17H18ClN4O2S+. The Bertz CT molecular complexity index is 868. The molecule has 4 bridgehead atoms. The maximum atomic E-state index is 11.7. The van der Waals surface area contributed by atoms with Crippen LogP contribution in [0.5, 0.6) is 0 Å². The Morgan fingerprint density at radius 2 is 2.08 bits per heavy atom. The first kappa shape index (κ1) is 16.8. The number of quaternary nitrogens is 1. The average Bonchev–Trinajstić information content (AvgIpc) is 2.68. The standard InChI is InChI=1S/C17H17ClN4O2S/c1-10(23)19-12-4-3-11-9-13(12)22(5-7-24-8-6-22)17-14(25-2)15(18)20-16(11)21-17/h3-4,9H,5-8H2,1-2H3/p+1. The van der Waals surface area contributed by atoms with Gasteiger partial charge in [0.25, 0.3) is 5.82 Å². The van der Waals surface area contributed by atoms with Crippen LogP contribution in [-0.4, -0.2) is 48.4 Å². The highest BCUT2D eigenvalue weighted by Crippen LogP contribution is 2.49. The van der Waals surface area contributed by atoms with E-state index in [0.717, 1.165) is 40.7 Å². The van der Waals surface area contributed by atoms with Crippen LogP contribution in [0.15, 0.2) is 23.1 Å². The predicted molar refractivity (Wildman–Crippen MR) is 101 cm³/mol. The molecule has 25 heavy (non-hydrogen) atoms. The zero-order valence-corrected chi connectivity index (χ0v) is 15.6.